The highest BCUT2D eigenvalue weighted by Gasteiger charge is 2.10. The summed E-state index contributed by atoms with van der Waals surface area (Å²) in [4.78, 5) is 20.7. The molecule has 6 nitrogen and oxygen atoms in total. The number of rotatable bonds is 8. The van der Waals surface area contributed by atoms with E-state index in [1.807, 2.05) is 56.3 Å². The Labute approximate surface area is 212 Å². The van der Waals surface area contributed by atoms with E-state index in [1.165, 1.54) is 11.8 Å². The smallest absolute Gasteiger partial charge is 0.250 e. The van der Waals surface area contributed by atoms with E-state index in [0.29, 0.717) is 22.5 Å². The number of carbonyl (C=O) groups excluding carboxylic acids is 1. The molecule has 0 aliphatic rings. The number of hydrogen-bond acceptors (Lipinski definition) is 6. The molecule has 0 saturated carbocycles. The van der Waals surface area contributed by atoms with Gasteiger partial charge in [-0.15, -0.1) is 0 Å². The lowest BCUT2D eigenvalue weighted by atomic mass is 10.2. The number of aryl methyl sites for hydroxylation is 2. The molecule has 0 aliphatic carbocycles. The normalized spacial score (nSPS) is 11.0. The van der Waals surface area contributed by atoms with Crippen molar-refractivity contribution in [1.82, 2.24) is 15.4 Å². The van der Waals surface area contributed by atoms with Crippen LogP contribution in [0.15, 0.2) is 61.7 Å². The molecule has 0 saturated heterocycles. The van der Waals surface area contributed by atoms with Gasteiger partial charge in [0, 0.05) is 16.4 Å². The Morgan fingerprint density at radius 1 is 1.12 bits per heavy atom. The fraction of sp³-hybridized carbons (Fsp3) is 0.182. The molecular formula is C22H19Br2ClN4O2S. The van der Waals surface area contributed by atoms with Crippen molar-refractivity contribution in [2.45, 2.75) is 25.6 Å². The zero-order chi connectivity index (χ0) is 23.1. The number of aromatic nitrogens is 2. The van der Waals surface area contributed by atoms with Gasteiger partial charge in [0.25, 0.3) is 5.91 Å². The highest BCUT2D eigenvalue weighted by Crippen LogP contribution is 2.35. The summed E-state index contributed by atoms with van der Waals surface area (Å²) in [5.74, 6) is 0.603. The molecule has 0 radical (unpaired) electrons. The molecule has 1 heterocycles. The lowest BCUT2D eigenvalue weighted by Crippen LogP contribution is -2.19. The van der Waals surface area contributed by atoms with Gasteiger partial charge in [-0.05, 0) is 87.2 Å². The summed E-state index contributed by atoms with van der Waals surface area (Å²) in [5.41, 5.74) is 6.05. The average Bonchev–Trinajstić information content (AvgIpc) is 2.72. The van der Waals surface area contributed by atoms with Crippen molar-refractivity contribution >= 4 is 67.3 Å². The van der Waals surface area contributed by atoms with Crippen molar-refractivity contribution in [2.24, 2.45) is 5.10 Å². The number of hydrazone groups is 1. The zero-order valence-corrected chi connectivity index (χ0v) is 22.0. The second-order valence-corrected chi connectivity index (χ2v) is 9.83. The molecule has 0 spiro atoms. The number of benzene rings is 2. The van der Waals surface area contributed by atoms with Crippen LogP contribution in [0.2, 0.25) is 5.02 Å². The van der Waals surface area contributed by atoms with E-state index in [-0.39, 0.29) is 11.7 Å². The summed E-state index contributed by atoms with van der Waals surface area (Å²) >= 11 is 14.2. The van der Waals surface area contributed by atoms with Gasteiger partial charge in [0.15, 0.2) is 5.16 Å². The first-order valence-corrected chi connectivity index (χ1v) is 12.4. The molecule has 1 aromatic heterocycles. The van der Waals surface area contributed by atoms with Crippen molar-refractivity contribution in [1.29, 1.82) is 0 Å². The summed E-state index contributed by atoms with van der Waals surface area (Å²) in [5, 5.41) is 5.29. The maximum absolute atomic E-state index is 12.1. The van der Waals surface area contributed by atoms with Crippen LogP contribution in [0.5, 0.6) is 5.75 Å². The lowest BCUT2D eigenvalue weighted by Gasteiger charge is -2.11. The summed E-state index contributed by atoms with van der Waals surface area (Å²) < 4.78 is 7.44. The highest BCUT2D eigenvalue weighted by molar-refractivity contribution is 9.11. The van der Waals surface area contributed by atoms with E-state index in [0.717, 1.165) is 31.5 Å². The maximum atomic E-state index is 12.1. The zero-order valence-electron chi connectivity index (χ0n) is 17.2. The van der Waals surface area contributed by atoms with Crippen molar-refractivity contribution in [2.75, 3.05) is 5.75 Å². The summed E-state index contributed by atoms with van der Waals surface area (Å²) in [6.45, 7) is 4.19. The number of halogens is 3. The van der Waals surface area contributed by atoms with Gasteiger partial charge in [-0.1, -0.05) is 35.5 Å². The van der Waals surface area contributed by atoms with E-state index in [1.54, 1.807) is 6.21 Å². The second kappa shape index (κ2) is 11.8. The van der Waals surface area contributed by atoms with Crippen LogP contribution >= 0.6 is 55.2 Å². The minimum atomic E-state index is -0.241. The van der Waals surface area contributed by atoms with Gasteiger partial charge in [-0.2, -0.15) is 5.10 Å². The Hall–Kier alpha value is -1.94. The van der Waals surface area contributed by atoms with Crippen LogP contribution in [0.4, 0.5) is 0 Å². The molecule has 1 amide bonds. The number of thioether (sulfide) groups is 1. The Kier molecular flexibility index (Phi) is 9.10. The molecule has 10 heteroatoms. The summed E-state index contributed by atoms with van der Waals surface area (Å²) in [6.07, 6.45) is 1.56. The molecule has 0 fully saturated rings. The Morgan fingerprint density at radius 2 is 1.75 bits per heavy atom. The molecule has 0 aliphatic heterocycles. The predicted molar refractivity (Wildman–Crippen MR) is 136 cm³/mol. The maximum Gasteiger partial charge on any atom is 0.250 e. The van der Waals surface area contributed by atoms with Gasteiger partial charge in [-0.25, -0.2) is 15.4 Å². The molecule has 3 rings (SSSR count). The Balaban J connectivity index is 1.53. The van der Waals surface area contributed by atoms with Gasteiger partial charge in [0.05, 0.1) is 20.9 Å². The third-order valence-electron chi connectivity index (χ3n) is 4.01. The minimum Gasteiger partial charge on any atom is -0.487 e. The lowest BCUT2D eigenvalue weighted by molar-refractivity contribution is -0.118. The molecule has 3 aromatic rings. The van der Waals surface area contributed by atoms with Gasteiger partial charge >= 0.3 is 0 Å². The van der Waals surface area contributed by atoms with Crippen LogP contribution in [-0.2, 0) is 11.4 Å². The molecular weight excluding hydrogens is 580 g/mol. The number of carbonyl (C=O) groups is 1. The third kappa shape index (κ3) is 7.58. The van der Waals surface area contributed by atoms with Crippen LogP contribution in [0.25, 0.3) is 0 Å². The van der Waals surface area contributed by atoms with E-state index in [4.69, 9.17) is 16.3 Å². The topological polar surface area (TPSA) is 76.5 Å². The van der Waals surface area contributed by atoms with E-state index < -0.39 is 0 Å². The number of nitrogens with one attached hydrogen (secondary N) is 1. The van der Waals surface area contributed by atoms with Gasteiger partial charge < -0.3 is 4.74 Å². The van der Waals surface area contributed by atoms with Crippen molar-refractivity contribution in [3.63, 3.8) is 0 Å². The average molecular weight is 599 g/mol. The van der Waals surface area contributed by atoms with Crippen LogP contribution in [0, 0.1) is 13.8 Å². The fourth-order valence-electron chi connectivity index (χ4n) is 2.63. The number of nitrogens with zero attached hydrogens (tertiary/aromatic N) is 3. The largest absolute Gasteiger partial charge is 0.487 e. The number of amides is 1. The van der Waals surface area contributed by atoms with Gasteiger partial charge in [-0.3, -0.25) is 4.79 Å². The van der Waals surface area contributed by atoms with Gasteiger partial charge in [0.2, 0.25) is 0 Å². The summed E-state index contributed by atoms with van der Waals surface area (Å²) in [6, 6.07) is 13.1. The molecule has 2 aromatic carbocycles. The number of ether oxygens (including phenoxy) is 1. The van der Waals surface area contributed by atoms with Crippen LogP contribution < -0.4 is 10.2 Å². The monoisotopic (exact) mass is 596 g/mol. The molecule has 0 unspecified atom stereocenters. The van der Waals surface area contributed by atoms with Crippen molar-refractivity contribution in [3.05, 3.63) is 78.9 Å². The molecule has 0 atom stereocenters. The second-order valence-electron chi connectivity index (χ2n) is 6.74. The van der Waals surface area contributed by atoms with E-state index in [9.17, 15) is 4.79 Å². The third-order valence-corrected chi connectivity index (χ3v) is 6.29. The minimum absolute atomic E-state index is 0.172. The Bertz CT molecular complexity index is 1100. The van der Waals surface area contributed by atoms with E-state index in [2.05, 4.69) is 52.4 Å². The van der Waals surface area contributed by atoms with Crippen LogP contribution in [-0.4, -0.2) is 27.8 Å². The molecule has 0 bridgehead atoms. The first-order valence-electron chi connectivity index (χ1n) is 9.43. The fourth-order valence-corrected chi connectivity index (χ4v) is 4.95. The van der Waals surface area contributed by atoms with Crippen molar-refractivity contribution in [3.8, 4) is 5.75 Å². The van der Waals surface area contributed by atoms with Crippen molar-refractivity contribution < 1.29 is 9.53 Å². The quantitative estimate of drug-likeness (QED) is 0.147. The van der Waals surface area contributed by atoms with Crippen LogP contribution in [0.3, 0.4) is 0 Å². The SMILES string of the molecule is Cc1cc(C)nc(SCC(=O)N/N=C\c2cc(Br)c(OCc3ccc(Cl)cc3)c(Br)c2)n1. The molecule has 166 valence electrons. The van der Waals surface area contributed by atoms with Gasteiger partial charge in [0.1, 0.15) is 12.4 Å². The first-order chi connectivity index (χ1) is 15.3. The van der Waals surface area contributed by atoms with E-state index >= 15 is 0 Å². The standard InChI is InChI=1S/C22H19Br2ClN4O2S/c1-13-7-14(2)28-22(27-13)32-12-20(30)29-26-10-16-8-18(23)21(19(24)9-16)31-11-15-3-5-17(25)6-4-15/h3-10H,11-12H2,1-2H3,(H,29,30)/b26-10-. The molecule has 1 N–H and O–H groups in total. The predicted octanol–water partition coefficient (Wildman–Crippen LogP) is 6.09. The number of hydrogen-bond donors (Lipinski definition) is 1. The highest BCUT2D eigenvalue weighted by atomic mass is 79.9. The summed E-state index contributed by atoms with van der Waals surface area (Å²) in [7, 11) is 0. The van der Waals surface area contributed by atoms with Crippen LogP contribution in [0.1, 0.15) is 22.5 Å². The molecule has 32 heavy (non-hydrogen) atoms. The first kappa shape index (κ1) is 24.7. The Morgan fingerprint density at radius 3 is 2.38 bits per heavy atom.